The molecule has 3 fully saturated rings. The molecule has 4 rings (SSSR count). The van der Waals surface area contributed by atoms with Crippen molar-refractivity contribution in [1.29, 1.82) is 0 Å². The van der Waals surface area contributed by atoms with Crippen LogP contribution in [0.3, 0.4) is 0 Å². The number of nitrogens with one attached hydrogen (secondary N) is 1. The zero-order valence-corrected chi connectivity index (χ0v) is 20.0. The molecule has 5 nitrogen and oxygen atoms in total. The van der Waals surface area contributed by atoms with Crippen LogP contribution in [0.4, 0.5) is 5.69 Å². The first-order valence-corrected chi connectivity index (χ1v) is 13.6. The lowest BCUT2D eigenvalue weighted by Gasteiger charge is -2.42. The molecule has 1 aromatic carbocycles. The van der Waals surface area contributed by atoms with Gasteiger partial charge < -0.3 is 4.90 Å². The van der Waals surface area contributed by atoms with E-state index in [1.165, 1.54) is 6.42 Å². The van der Waals surface area contributed by atoms with E-state index in [1.807, 2.05) is 12.1 Å². The zero-order valence-electron chi connectivity index (χ0n) is 17.7. The molecule has 8 heteroatoms. The van der Waals surface area contributed by atoms with Crippen molar-refractivity contribution in [3.63, 3.8) is 0 Å². The van der Waals surface area contributed by atoms with Gasteiger partial charge in [-0.2, -0.15) is 0 Å². The third-order valence-electron chi connectivity index (χ3n) is 6.95. The lowest BCUT2D eigenvalue weighted by Crippen LogP contribution is -2.52. The third kappa shape index (κ3) is 5.44. The Balaban J connectivity index is 1.20. The number of hydrogen-bond acceptors (Lipinski definition) is 4. The first-order chi connectivity index (χ1) is 14.3. The molecule has 2 aliphatic carbocycles. The molecule has 0 spiro atoms. The summed E-state index contributed by atoms with van der Waals surface area (Å²) in [6.07, 6.45) is 7.09. The molecule has 1 heterocycles. The molecule has 0 radical (unpaired) electrons. The summed E-state index contributed by atoms with van der Waals surface area (Å²) in [6.45, 7) is 6.38. The summed E-state index contributed by atoms with van der Waals surface area (Å²) in [4.78, 5) is 4.92. The molecule has 2 saturated carbocycles. The van der Waals surface area contributed by atoms with Gasteiger partial charge >= 0.3 is 0 Å². The molecule has 0 bridgehead atoms. The van der Waals surface area contributed by atoms with Crippen LogP contribution in [0, 0.1) is 5.92 Å². The van der Waals surface area contributed by atoms with Gasteiger partial charge in [0.15, 0.2) is 0 Å². The van der Waals surface area contributed by atoms with Crippen LogP contribution in [0.25, 0.3) is 0 Å². The number of halogens is 2. The predicted octanol–water partition coefficient (Wildman–Crippen LogP) is 4.53. The molecule has 1 N–H and O–H groups in total. The molecule has 1 atom stereocenters. The van der Waals surface area contributed by atoms with E-state index in [0.717, 1.165) is 70.4 Å². The van der Waals surface area contributed by atoms with Gasteiger partial charge in [0.25, 0.3) is 0 Å². The zero-order chi connectivity index (χ0) is 21.3. The van der Waals surface area contributed by atoms with Crippen LogP contribution >= 0.6 is 23.2 Å². The van der Waals surface area contributed by atoms with E-state index < -0.39 is 10.0 Å². The molecule has 0 amide bonds. The van der Waals surface area contributed by atoms with Crippen molar-refractivity contribution < 1.29 is 8.42 Å². The van der Waals surface area contributed by atoms with Crippen molar-refractivity contribution in [2.75, 3.05) is 31.1 Å². The van der Waals surface area contributed by atoms with Gasteiger partial charge in [-0.25, -0.2) is 13.1 Å². The van der Waals surface area contributed by atoms with Crippen molar-refractivity contribution in [3.8, 4) is 0 Å². The average molecular weight is 474 g/mol. The first kappa shape index (κ1) is 22.7. The van der Waals surface area contributed by atoms with Crippen LogP contribution in [0.2, 0.25) is 10.0 Å². The fourth-order valence-corrected chi connectivity index (χ4v) is 7.00. The summed E-state index contributed by atoms with van der Waals surface area (Å²) in [6, 6.07) is 6.39. The van der Waals surface area contributed by atoms with E-state index in [0.29, 0.717) is 22.0 Å². The fourth-order valence-electron chi connectivity index (χ4n) is 4.95. The van der Waals surface area contributed by atoms with Crippen LogP contribution in [0.5, 0.6) is 0 Å². The summed E-state index contributed by atoms with van der Waals surface area (Å²) in [5, 5.41) is 1.14. The number of rotatable bonds is 7. The molecule has 3 aliphatic rings. The maximum absolute atomic E-state index is 12.1. The second-order valence-corrected chi connectivity index (χ2v) is 12.1. The number of anilines is 1. The molecule has 168 valence electrons. The minimum atomic E-state index is -3.05. The smallest absolute Gasteiger partial charge is 0.214 e. The van der Waals surface area contributed by atoms with Crippen LogP contribution in [0.1, 0.15) is 51.9 Å². The monoisotopic (exact) mass is 473 g/mol. The van der Waals surface area contributed by atoms with Crippen LogP contribution < -0.4 is 9.62 Å². The van der Waals surface area contributed by atoms with Gasteiger partial charge in [0.1, 0.15) is 0 Å². The highest BCUT2D eigenvalue weighted by Crippen LogP contribution is 2.35. The number of benzene rings is 1. The predicted molar refractivity (Wildman–Crippen MR) is 125 cm³/mol. The highest BCUT2D eigenvalue weighted by atomic mass is 35.5. The number of piperazine rings is 1. The van der Waals surface area contributed by atoms with Gasteiger partial charge in [0.05, 0.1) is 21.0 Å². The molecular formula is C22H33Cl2N3O2S. The molecular weight excluding hydrogens is 441 g/mol. The van der Waals surface area contributed by atoms with E-state index >= 15 is 0 Å². The summed E-state index contributed by atoms with van der Waals surface area (Å²) in [5.74, 6) is 0.711. The van der Waals surface area contributed by atoms with Crippen molar-refractivity contribution >= 4 is 38.9 Å². The standard InChI is InChI=1S/C22H33Cl2N3O2S/c1-16-15-26(13-14-27(16)21-4-2-3-20(23)22(21)24)12-11-17-5-7-18(8-6-17)25-30(28,29)19-9-10-19/h2-4,16-19,25H,5-15H2,1H3. The second-order valence-electron chi connectivity index (χ2n) is 9.28. The Labute approximate surface area is 191 Å². The normalized spacial score (nSPS) is 28.6. The van der Waals surface area contributed by atoms with Gasteiger partial charge in [-0.3, -0.25) is 4.90 Å². The number of sulfonamides is 1. The Hall–Kier alpha value is -0.530. The molecule has 0 aromatic heterocycles. The molecule has 1 unspecified atom stereocenters. The molecule has 30 heavy (non-hydrogen) atoms. The highest BCUT2D eigenvalue weighted by Gasteiger charge is 2.37. The van der Waals surface area contributed by atoms with Crippen molar-refractivity contribution in [1.82, 2.24) is 9.62 Å². The summed E-state index contributed by atoms with van der Waals surface area (Å²) >= 11 is 12.6. The van der Waals surface area contributed by atoms with E-state index in [4.69, 9.17) is 23.2 Å². The van der Waals surface area contributed by atoms with Gasteiger partial charge in [0.2, 0.25) is 10.0 Å². The van der Waals surface area contributed by atoms with E-state index in [1.54, 1.807) is 0 Å². The van der Waals surface area contributed by atoms with E-state index in [9.17, 15) is 8.42 Å². The average Bonchev–Trinajstić information content (AvgIpc) is 3.56. The Bertz CT molecular complexity index is 839. The summed E-state index contributed by atoms with van der Waals surface area (Å²) in [5.41, 5.74) is 1.03. The highest BCUT2D eigenvalue weighted by molar-refractivity contribution is 7.90. The fraction of sp³-hybridized carbons (Fsp3) is 0.727. The van der Waals surface area contributed by atoms with Crippen molar-refractivity contribution in [2.45, 2.75) is 69.2 Å². The van der Waals surface area contributed by atoms with Gasteiger partial charge in [-0.15, -0.1) is 0 Å². The second kappa shape index (κ2) is 9.53. The lowest BCUT2D eigenvalue weighted by atomic mass is 9.84. The van der Waals surface area contributed by atoms with E-state index in [-0.39, 0.29) is 11.3 Å². The van der Waals surface area contributed by atoms with Crippen LogP contribution in [-0.4, -0.2) is 56.8 Å². The minimum absolute atomic E-state index is 0.113. The summed E-state index contributed by atoms with van der Waals surface area (Å²) < 4.78 is 27.2. The number of hydrogen-bond donors (Lipinski definition) is 1. The van der Waals surface area contributed by atoms with Crippen LogP contribution in [-0.2, 0) is 10.0 Å². The maximum atomic E-state index is 12.1. The van der Waals surface area contributed by atoms with Crippen molar-refractivity contribution in [2.24, 2.45) is 5.92 Å². The van der Waals surface area contributed by atoms with Crippen LogP contribution in [0.15, 0.2) is 18.2 Å². The largest absolute Gasteiger partial charge is 0.365 e. The number of nitrogens with zero attached hydrogens (tertiary/aromatic N) is 2. The first-order valence-electron chi connectivity index (χ1n) is 11.3. The van der Waals surface area contributed by atoms with E-state index in [2.05, 4.69) is 27.5 Å². The molecule has 1 aliphatic heterocycles. The Morgan fingerprint density at radius 1 is 1.07 bits per heavy atom. The Kier molecular flexibility index (Phi) is 7.20. The third-order valence-corrected chi connectivity index (χ3v) is 9.77. The lowest BCUT2D eigenvalue weighted by molar-refractivity contribution is 0.197. The van der Waals surface area contributed by atoms with Gasteiger partial charge in [-0.05, 0) is 76.5 Å². The Morgan fingerprint density at radius 2 is 1.80 bits per heavy atom. The quantitative estimate of drug-likeness (QED) is 0.631. The Morgan fingerprint density at radius 3 is 2.47 bits per heavy atom. The maximum Gasteiger partial charge on any atom is 0.214 e. The van der Waals surface area contributed by atoms with Crippen molar-refractivity contribution in [3.05, 3.63) is 28.2 Å². The summed E-state index contributed by atoms with van der Waals surface area (Å²) in [7, 11) is -3.05. The molecule has 1 aromatic rings. The topological polar surface area (TPSA) is 52.7 Å². The van der Waals surface area contributed by atoms with Gasteiger partial charge in [0, 0.05) is 31.7 Å². The minimum Gasteiger partial charge on any atom is -0.365 e. The van der Waals surface area contributed by atoms with Gasteiger partial charge in [-0.1, -0.05) is 29.3 Å². The SMILES string of the molecule is CC1CN(CCC2CCC(NS(=O)(=O)C3CC3)CC2)CCN1c1cccc(Cl)c1Cl. The molecule has 1 saturated heterocycles.